The molecule has 0 aromatic heterocycles. The minimum absolute atomic E-state index is 0.0505. The lowest BCUT2D eigenvalue weighted by molar-refractivity contribution is 0.463. The van der Waals surface area contributed by atoms with Crippen molar-refractivity contribution in [2.75, 3.05) is 16.2 Å². The Morgan fingerprint density at radius 2 is 1.89 bits per heavy atom. The fourth-order valence-corrected chi connectivity index (χ4v) is 4.06. The highest BCUT2D eigenvalue weighted by Gasteiger charge is 2.22. The van der Waals surface area contributed by atoms with E-state index >= 15 is 0 Å². The SMILES string of the molecule is Cc1cc(Br)cc(N)c1NS(=O)(=O)CC(C)(C)C. The molecule has 0 spiro atoms. The van der Waals surface area contributed by atoms with E-state index in [4.69, 9.17) is 5.73 Å². The van der Waals surface area contributed by atoms with E-state index < -0.39 is 10.0 Å². The monoisotopic (exact) mass is 334 g/mol. The van der Waals surface area contributed by atoms with Crippen LogP contribution in [-0.2, 0) is 10.0 Å². The van der Waals surface area contributed by atoms with Gasteiger partial charge in [-0.3, -0.25) is 4.72 Å². The van der Waals surface area contributed by atoms with Gasteiger partial charge in [-0.2, -0.15) is 0 Å². The number of halogens is 1. The molecular weight excluding hydrogens is 316 g/mol. The van der Waals surface area contributed by atoms with Crippen molar-refractivity contribution in [3.05, 3.63) is 22.2 Å². The Bertz CT molecular complexity index is 525. The molecule has 1 aromatic rings. The van der Waals surface area contributed by atoms with Crippen molar-refractivity contribution in [1.82, 2.24) is 0 Å². The molecule has 6 heteroatoms. The molecule has 0 saturated heterocycles. The predicted molar refractivity (Wildman–Crippen MR) is 80.2 cm³/mol. The average molecular weight is 335 g/mol. The summed E-state index contributed by atoms with van der Waals surface area (Å²) >= 11 is 3.32. The normalized spacial score (nSPS) is 12.5. The third kappa shape index (κ3) is 4.49. The number of nitrogen functional groups attached to an aromatic ring is 1. The summed E-state index contributed by atoms with van der Waals surface area (Å²) in [4.78, 5) is 0. The van der Waals surface area contributed by atoms with Crippen molar-refractivity contribution in [3.63, 3.8) is 0 Å². The number of anilines is 2. The maximum Gasteiger partial charge on any atom is 0.233 e. The van der Waals surface area contributed by atoms with E-state index in [0.29, 0.717) is 11.4 Å². The molecule has 102 valence electrons. The molecular formula is C12H19BrN2O2S. The van der Waals surface area contributed by atoms with Crippen molar-refractivity contribution in [1.29, 1.82) is 0 Å². The maximum atomic E-state index is 12.0. The summed E-state index contributed by atoms with van der Waals surface area (Å²) in [6.07, 6.45) is 0. The van der Waals surface area contributed by atoms with Crippen molar-refractivity contribution < 1.29 is 8.42 Å². The molecule has 3 N–H and O–H groups in total. The highest BCUT2D eigenvalue weighted by molar-refractivity contribution is 9.10. The van der Waals surface area contributed by atoms with E-state index in [0.717, 1.165) is 10.0 Å². The molecule has 0 aliphatic heterocycles. The van der Waals surface area contributed by atoms with Crippen molar-refractivity contribution >= 4 is 37.3 Å². The number of hydrogen-bond donors (Lipinski definition) is 2. The Kier molecular flexibility index (Phi) is 4.33. The molecule has 0 unspecified atom stereocenters. The minimum Gasteiger partial charge on any atom is -0.397 e. The van der Waals surface area contributed by atoms with Gasteiger partial charge in [0.15, 0.2) is 0 Å². The second-order valence-corrected chi connectivity index (χ2v) is 8.25. The zero-order chi connectivity index (χ0) is 14.1. The highest BCUT2D eigenvalue weighted by Crippen LogP contribution is 2.29. The van der Waals surface area contributed by atoms with E-state index in [9.17, 15) is 8.42 Å². The first-order valence-electron chi connectivity index (χ1n) is 5.56. The first kappa shape index (κ1) is 15.3. The summed E-state index contributed by atoms with van der Waals surface area (Å²) in [5.74, 6) is 0.0505. The zero-order valence-corrected chi connectivity index (χ0v) is 13.4. The summed E-state index contributed by atoms with van der Waals surface area (Å²) in [5.41, 5.74) is 7.20. The Morgan fingerprint density at radius 1 is 1.33 bits per heavy atom. The topological polar surface area (TPSA) is 72.2 Å². The van der Waals surface area contributed by atoms with Crippen LogP contribution in [0.1, 0.15) is 26.3 Å². The molecule has 4 nitrogen and oxygen atoms in total. The van der Waals surface area contributed by atoms with Gasteiger partial charge in [0.05, 0.1) is 17.1 Å². The standard InChI is InChI=1S/C12H19BrN2O2S/c1-8-5-9(13)6-10(14)11(8)15-18(16,17)7-12(2,3)4/h5-6,15H,7,14H2,1-4H3. The summed E-state index contributed by atoms with van der Waals surface area (Å²) in [7, 11) is -3.40. The molecule has 0 atom stereocenters. The smallest absolute Gasteiger partial charge is 0.233 e. The second kappa shape index (κ2) is 5.09. The molecule has 18 heavy (non-hydrogen) atoms. The highest BCUT2D eigenvalue weighted by atomic mass is 79.9. The van der Waals surface area contributed by atoms with Crippen LogP contribution in [0, 0.1) is 12.3 Å². The van der Waals surface area contributed by atoms with Crippen molar-refractivity contribution in [2.24, 2.45) is 5.41 Å². The van der Waals surface area contributed by atoms with Gasteiger partial charge in [-0.15, -0.1) is 0 Å². The molecule has 0 amide bonds. The predicted octanol–water partition coefficient (Wildman–Crippen LogP) is 3.13. The largest absolute Gasteiger partial charge is 0.397 e. The lowest BCUT2D eigenvalue weighted by Crippen LogP contribution is -2.26. The van der Waals surface area contributed by atoms with Crippen LogP contribution in [0.4, 0.5) is 11.4 Å². The van der Waals surface area contributed by atoms with Crippen LogP contribution in [0.2, 0.25) is 0 Å². The Hall–Kier alpha value is -0.750. The number of rotatable bonds is 3. The Morgan fingerprint density at radius 3 is 2.33 bits per heavy atom. The second-order valence-electron chi connectivity index (χ2n) is 5.61. The fraction of sp³-hybridized carbons (Fsp3) is 0.500. The summed E-state index contributed by atoms with van der Waals surface area (Å²) in [5, 5.41) is 0. The molecule has 1 aromatic carbocycles. The lowest BCUT2D eigenvalue weighted by atomic mass is 10.0. The molecule has 0 aliphatic rings. The van der Waals surface area contributed by atoms with Gasteiger partial charge in [-0.1, -0.05) is 36.7 Å². The number of benzene rings is 1. The Labute approximate surface area is 117 Å². The number of sulfonamides is 1. The molecule has 0 bridgehead atoms. The fourth-order valence-electron chi connectivity index (χ4n) is 1.67. The first-order valence-corrected chi connectivity index (χ1v) is 8.01. The van der Waals surface area contributed by atoms with E-state index in [2.05, 4.69) is 20.7 Å². The molecule has 0 radical (unpaired) electrons. The van der Waals surface area contributed by atoms with Crippen LogP contribution >= 0.6 is 15.9 Å². The first-order chi connectivity index (χ1) is 8.00. The van der Waals surface area contributed by atoms with Gasteiger partial charge in [0.2, 0.25) is 10.0 Å². The van der Waals surface area contributed by atoms with Gasteiger partial charge in [0.25, 0.3) is 0 Å². The zero-order valence-electron chi connectivity index (χ0n) is 11.0. The van der Waals surface area contributed by atoms with Crippen LogP contribution in [0.3, 0.4) is 0 Å². The summed E-state index contributed by atoms with van der Waals surface area (Å²) in [6, 6.07) is 3.51. The number of nitrogens with two attached hydrogens (primary N) is 1. The lowest BCUT2D eigenvalue weighted by Gasteiger charge is -2.20. The van der Waals surface area contributed by atoms with Gasteiger partial charge in [-0.05, 0) is 30.0 Å². The molecule has 0 heterocycles. The quantitative estimate of drug-likeness (QED) is 0.834. The maximum absolute atomic E-state index is 12.0. The van der Waals surface area contributed by atoms with Gasteiger partial charge in [-0.25, -0.2) is 8.42 Å². The van der Waals surface area contributed by atoms with Crippen LogP contribution < -0.4 is 10.5 Å². The average Bonchev–Trinajstić information content (AvgIpc) is 2.07. The van der Waals surface area contributed by atoms with Crippen LogP contribution in [0.15, 0.2) is 16.6 Å². The number of nitrogens with one attached hydrogen (secondary N) is 1. The van der Waals surface area contributed by atoms with Crippen LogP contribution in [0.5, 0.6) is 0 Å². The number of aryl methyl sites for hydroxylation is 1. The summed E-state index contributed by atoms with van der Waals surface area (Å²) < 4.78 is 27.4. The van der Waals surface area contributed by atoms with Crippen molar-refractivity contribution in [3.8, 4) is 0 Å². The van der Waals surface area contributed by atoms with Gasteiger partial charge in [0.1, 0.15) is 0 Å². The van der Waals surface area contributed by atoms with E-state index in [1.165, 1.54) is 0 Å². The van der Waals surface area contributed by atoms with Gasteiger partial charge < -0.3 is 5.73 Å². The molecule has 0 fully saturated rings. The molecule has 0 aliphatic carbocycles. The summed E-state index contributed by atoms with van der Waals surface area (Å²) in [6.45, 7) is 7.45. The van der Waals surface area contributed by atoms with Gasteiger partial charge in [0, 0.05) is 4.47 Å². The van der Waals surface area contributed by atoms with Gasteiger partial charge >= 0.3 is 0 Å². The van der Waals surface area contributed by atoms with Crippen LogP contribution in [-0.4, -0.2) is 14.2 Å². The third-order valence-electron chi connectivity index (χ3n) is 2.21. The molecule has 1 rings (SSSR count). The van der Waals surface area contributed by atoms with Crippen molar-refractivity contribution in [2.45, 2.75) is 27.7 Å². The number of hydrogen-bond acceptors (Lipinski definition) is 3. The molecule has 0 saturated carbocycles. The third-order valence-corrected chi connectivity index (χ3v) is 4.43. The Balaban J connectivity index is 3.06. The van der Waals surface area contributed by atoms with Crippen LogP contribution in [0.25, 0.3) is 0 Å². The van der Waals surface area contributed by atoms with E-state index in [1.807, 2.05) is 33.8 Å². The minimum atomic E-state index is -3.40. The van der Waals surface area contributed by atoms with E-state index in [1.54, 1.807) is 6.07 Å². The van der Waals surface area contributed by atoms with E-state index in [-0.39, 0.29) is 11.2 Å².